The van der Waals surface area contributed by atoms with E-state index < -0.39 is 10.9 Å². The number of ether oxygens (including phenoxy) is 2. The number of nitro benzene ring substituents is 1. The average Bonchev–Trinajstić information content (AvgIpc) is 3.18. The first-order valence-corrected chi connectivity index (χ1v) is 10.3. The van der Waals surface area contributed by atoms with Crippen molar-refractivity contribution in [3.63, 3.8) is 0 Å². The third-order valence-electron chi connectivity index (χ3n) is 5.29. The molecular weight excluding hydrogens is 404 g/mol. The number of non-ortho nitro benzene ring substituents is 1. The average molecular weight is 430 g/mol. The van der Waals surface area contributed by atoms with Gasteiger partial charge >= 0.3 is 5.97 Å². The van der Waals surface area contributed by atoms with Gasteiger partial charge in [0.25, 0.3) is 11.6 Å². The molecule has 1 aliphatic rings. The van der Waals surface area contributed by atoms with Crippen LogP contribution < -0.4 is 10.1 Å². The molecule has 166 valence electrons. The number of hydrogen-bond acceptors (Lipinski definition) is 7. The molecule has 1 aliphatic carbocycles. The van der Waals surface area contributed by atoms with Crippen LogP contribution in [0.4, 0.5) is 5.69 Å². The second-order valence-corrected chi connectivity index (χ2v) is 7.50. The maximum atomic E-state index is 12.4. The van der Waals surface area contributed by atoms with Gasteiger partial charge in [-0.25, -0.2) is 9.48 Å². The number of hydrogen-bond donors (Lipinski definition) is 1. The van der Waals surface area contributed by atoms with Crippen LogP contribution in [0.25, 0.3) is 5.69 Å². The number of carbonyl (C=O) groups is 2. The second kappa shape index (κ2) is 10.1. The fourth-order valence-electron chi connectivity index (χ4n) is 3.59. The third kappa shape index (κ3) is 5.59. The van der Waals surface area contributed by atoms with Gasteiger partial charge in [-0.05, 0) is 37.8 Å². The minimum absolute atomic E-state index is 0.0633. The van der Waals surface area contributed by atoms with Gasteiger partial charge in [-0.3, -0.25) is 14.9 Å². The Balaban J connectivity index is 1.74. The molecule has 10 heteroatoms. The molecule has 1 aromatic carbocycles. The molecule has 1 aromatic heterocycles. The summed E-state index contributed by atoms with van der Waals surface area (Å²) in [6, 6.07) is 5.79. The molecule has 3 rings (SSSR count). The Labute approximate surface area is 179 Å². The van der Waals surface area contributed by atoms with Crippen molar-refractivity contribution in [2.24, 2.45) is 5.92 Å². The van der Waals surface area contributed by atoms with E-state index in [0.29, 0.717) is 11.6 Å². The summed E-state index contributed by atoms with van der Waals surface area (Å²) >= 11 is 0. The summed E-state index contributed by atoms with van der Waals surface area (Å²) in [5.41, 5.74) is 0.358. The van der Waals surface area contributed by atoms with Gasteiger partial charge < -0.3 is 14.8 Å². The Hall–Kier alpha value is -3.43. The monoisotopic (exact) mass is 430 g/mol. The minimum Gasteiger partial charge on any atom is -0.480 e. The molecule has 0 spiro atoms. The highest BCUT2D eigenvalue weighted by atomic mass is 16.6. The van der Waals surface area contributed by atoms with E-state index in [9.17, 15) is 19.7 Å². The normalized spacial score (nSPS) is 18.3. The number of carbonyl (C=O) groups excluding carboxylic acids is 2. The third-order valence-corrected chi connectivity index (χ3v) is 5.29. The zero-order valence-electron chi connectivity index (χ0n) is 17.6. The van der Waals surface area contributed by atoms with Crippen molar-refractivity contribution in [3.8, 4) is 11.4 Å². The smallest absolute Gasteiger partial charge is 0.362 e. The highest BCUT2D eigenvalue weighted by molar-refractivity contribution is 5.90. The van der Waals surface area contributed by atoms with Gasteiger partial charge in [0.05, 0.1) is 23.4 Å². The van der Waals surface area contributed by atoms with Crippen LogP contribution in [-0.2, 0) is 9.53 Å². The number of nitrogens with one attached hydrogen (secondary N) is 1. The fourth-order valence-corrected chi connectivity index (χ4v) is 3.59. The largest absolute Gasteiger partial charge is 0.480 e. The fraction of sp³-hybridized carbons (Fsp3) is 0.476. The molecule has 0 radical (unpaired) electrons. The summed E-state index contributed by atoms with van der Waals surface area (Å²) in [6.07, 6.45) is 5.74. The lowest BCUT2D eigenvalue weighted by atomic mass is 9.86. The minimum atomic E-state index is -0.681. The molecular formula is C21H26N4O6. The molecule has 0 bridgehead atoms. The number of esters is 1. The first-order valence-electron chi connectivity index (χ1n) is 10.3. The predicted molar refractivity (Wildman–Crippen MR) is 111 cm³/mol. The molecule has 1 N–H and O–H groups in total. The molecule has 2 atom stereocenters. The van der Waals surface area contributed by atoms with E-state index >= 15 is 0 Å². The van der Waals surface area contributed by atoms with Crippen LogP contribution in [0.3, 0.4) is 0 Å². The van der Waals surface area contributed by atoms with Crippen LogP contribution in [-0.4, -0.2) is 45.8 Å². The standard InChI is InChI=1S/C21H26N4O6/c1-3-30-21(27)20-18(31-13-19(26)22-17-7-5-4-6-14(17)2)12-24(23-20)15-8-10-16(11-9-15)25(28)29/h8-12,14,17H,3-7,13H2,1-2H3,(H,22,26)/t14-,17+/m1/s1. The van der Waals surface area contributed by atoms with Gasteiger partial charge in [-0.1, -0.05) is 19.8 Å². The number of rotatable bonds is 8. The Morgan fingerprint density at radius 3 is 2.61 bits per heavy atom. The Morgan fingerprint density at radius 2 is 1.97 bits per heavy atom. The molecule has 0 aliphatic heterocycles. The van der Waals surface area contributed by atoms with Gasteiger partial charge in [0.1, 0.15) is 0 Å². The summed E-state index contributed by atoms with van der Waals surface area (Å²) in [6.45, 7) is 3.69. The summed E-state index contributed by atoms with van der Waals surface area (Å²) < 4.78 is 12.0. The molecule has 0 unspecified atom stereocenters. The summed E-state index contributed by atoms with van der Waals surface area (Å²) in [7, 11) is 0. The zero-order chi connectivity index (χ0) is 22.4. The van der Waals surface area contributed by atoms with Crippen LogP contribution >= 0.6 is 0 Å². The van der Waals surface area contributed by atoms with Crippen molar-refractivity contribution < 1.29 is 24.0 Å². The van der Waals surface area contributed by atoms with Crippen molar-refractivity contribution in [2.75, 3.05) is 13.2 Å². The highest BCUT2D eigenvalue weighted by Crippen LogP contribution is 2.24. The predicted octanol–water partition coefficient (Wildman–Crippen LogP) is 3.03. The molecule has 1 heterocycles. The molecule has 1 fully saturated rings. The lowest BCUT2D eigenvalue weighted by Gasteiger charge is -2.29. The Kier molecular flexibility index (Phi) is 7.22. The van der Waals surface area contributed by atoms with Crippen molar-refractivity contribution in [1.29, 1.82) is 0 Å². The topological polar surface area (TPSA) is 126 Å². The quantitative estimate of drug-likeness (QED) is 0.387. The highest BCUT2D eigenvalue weighted by Gasteiger charge is 2.24. The number of nitrogens with zero attached hydrogens (tertiary/aromatic N) is 3. The summed E-state index contributed by atoms with van der Waals surface area (Å²) in [4.78, 5) is 35.0. The van der Waals surface area contributed by atoms with Crippen molar-refractivity contribution >= 4 is 17.6 Å². The van der Waals surface area contributed by atoms with E-state index in [1.807, 2.05) is 0 Å². The molecule has 10 nitrogen and oxygen atoms in total. The maximum Gasteiger partial charge on any atom is 0.362 e. The van der Waals surface area contributed by atoms with E-state index in [1.54, 1.807) is 6.92 Å². The first kappa shape index (κ1) is 22.3. The van der Waals surface area contributed by atoms with Crippen LogP contribution in [0.15, 0.2) is 30.5 Å². The van der Waals surface area contributed by atoms with E-state index in [0.717, 1.165) is 19.3 Å². The molecule has 0 saturated heterocycles. The number of amides is 1. The summed E-state index contributed by atoms with van der Waals surface area (Å²) in [5, 5.41) is 18.0. The first-order chi connectivity index (χ1) is 14.9. The number of benzene rings is 1. The van der Waals surface area contributed by atoms with Crippen LogP contribution in [0, 0.1) is 16.0 Å². The van der Waals surface area contributed by atoms with Crippen LogP contribution in [0.1, 0.15) is 50.0 Å². The second-order valence-electron chi connectivity index (χ2n) is 7.50. The van der Waals surface area contributed by atoms with Crippen LogP contribution in [0.2, 0.25) is 0 Å². The zero-order valence-corrected chi connectivity index (χ0v) is 17.6. The van der Waals surface area contributed by atoms with Crippen LogP contribution in [0.5, 0.6) is 5.75 Å². The molecule has 2 aromatic rings. The lowest BCUT2D eigenvalue weighted by Crippen LogP contribution is -2.43. The van der Waals surface area contributed by atoms with Gasteiger partial charge in [0, 0.05) is 18.2 Å². The molecule has 1 saturated carbocycles. The Bertz CT molecular complexity index is 940. The maximum absolute atomic E-state index is 12.4. The van der Waals surface area contributed by atoms with Crippen molar-refractivity contribution in [2.45, 2.75) is 45.6 Å². The molecule has 1 amide bonds. The van der Waals surface area contributed by atoms with E-state index in [1.165, 1.54) is 41.6 Å². The Morgan fingerprint density at radius 1 is 1.26 bits per heavy atom. The number of aromatic nitrogens is 2. The van der Waals surface area contributed by atoms with Crippen molar-refractivity contribution in [3.05, 3.63) is 46.3 Å². The van der Waals surface area contributed by atoms with Crippen molar-refractivity contribution in [1.82, 2.24) is 15.1 Å². The van der Waals surface area contributed by atoms with E-state index in [4.69, 9.17) is 9.47 Å². The summed E-state index contributed by atoms with van der Waals surface area (Å²) in [5.74, 6) is -0.433. The van der Waals surface area contributed by atoms with Gasteiger partial charge in [-0.15, -0.1) is 0 Å². The SMILES string of the molecule is CCOC(=O)c1nn(-c2ccc([N+](=O)[O-])cc2)cc1OCC(=O)N[C@H]1CCCC[C@H]1C. The van der Waals surface area contributed by atoms with Gasteiger partial charge in [0.2, 0.25) is 5.69 Å². The van der Waals surface area contributed by atoms with Gasteiger partial charge in [-0.2, -0.15) is 5.10 Å². The van der Waals surface area contributed by atoms with E-state index in [-0.39, 0.29) is 42.3 Å². The number of nitro groups is 1. The van der Waals surface area contributed by atoms with Gasteiger partial charge in [0.15, 0.2) is 12.4 Å². The van der Waals surface area contributed by atoms with E-state index in [2.05, 4.69) is 17.3 Å². The molecule has 31 heavy (non-hydrogen) atoms. The lowest BCUT2D eigenvalue weighted by molar-refractivity contribution is -0.384.